The summed E-state index contributed by atoms with van der Waals surface area (Å²) in [6.07, 6.45) is 7.49. The van der Waals surface area contributed by atoms with Crippen molar-refractivity contribution in [3.63, 3.8) is 0 Å². The molecule has 1 fully saturated rings. The first-order valence-electron chi connectivity index (χ1n) is 7.14. The molecular formula is C15H23N3. The van der Waals surface area contributed by atoms with Gasteiger partial charge in [-0.25, -0.2) is 0 Å². The maximum atomic E-state index is 4.30. The standard InChI is InChI=1S/C15H23N3/c1-2-3-7-14-8-10-15(11-9-14)16-17-18-12-5-4-6-13-18/h8-11H,2-7,12-13H2,1H3. The van der Waals surface area contributed by atoms with Gasteiger partial charge in [-0.05, 0) is 49.8 Å². The molecule has 0 spiro atoms. The number of rotatable bonds is 5. The van der Waals surface area contributed by atoms with Crippen LogP contribution in [0.15, 0.2) is 34.6 Å². The molecule has 3 nitrogen and oxygen atoms in total. The maximum absolute atomic E-state index is 4.30. The number of hydrogen-bond acceptors (Lipinski definition) is 2. The fraction of sp³-hybridized carbons (Fsp3) is 0.600. The predicted molar refractivity (Wildman–Crippen MR) is 75.0 cm³/mol. The van der Waals surface area contributed by atoms with Crippen LogP contribution < -0.4 is 0 Å². The molecule has 0 aromatic heterocycles. The average molecular weight is 245 g/mol. The third-order valence-electron chi connectivity index (χ3n) is 3.37. The van der Waals surface area contributed by atoms with Crippen LogP contribution in [-0.4, -0.2) is 18.1 Å². The number of unbranched alkanes of at least 4 members (excludes halogenated alkanes) is 1. The van der Waals surface area contributed by atoms with E-state index in [1.54, 1.807) is 0 Å². The van der Waals surface area contributed by atoms with Crippen LogP contribution in [0.1, 0.15) is 44.6 Å². The molecule has 1 aromatic carbocycles. The lowest BCUT2D eigenvalue weighted by molar-refractivity contribution is 0.224. The molecule has 0 atom stereocenters. The molecule has 1 aromatic rings. The molecule has 1 heterocycles. The number of aryl methyl sites for hydroxylation is 1. The van der Waals surface area contributed by atoms with Crippen molar-refractivity contribution >= 4 is 5.69 Å². The number of hydrogen-bond donors (Lipinski definition) is 0. The van der Waals surface area contributed by atoms with E-state index in [0.29, 0.717) is 0 Å². The smallest absolute Gasteiger partial charge is 0.0874 e. The number of benzene rings is 1. The quantitative estimate of drug-likeness (QED) is 0.701. The summed E-state index contributed by atoms with van der Waals surface area (Å²) in [7, 11) is 0. The highest BCUT2D eigenvalue weighted by Crippen LogP contribution is 2.17. The van der Waals surface area contributed by atoms with Crippen LogP contribution in [0, 0.1) is 0 Å². The zero-order chi connectivity index (χ0) is 12.6. The summed E-state index contributed by atoms with van der Waals surface area (Å²) in [4.78, 5) is 0. The van der Waals surface area contributed by atoms with Crippen LogP contribution in [-0.2, 0) is 6.42 Å². The number of piperidine rings is 1. The Morgan fingerprint density at radius 3 is 2.44 bits per heavy atom. The van der Waals surface area contributed by atoms with Gasteiger partial charge in [-0.1, -0.05) is 30.7 Å². The SMILES string of the molecule is CCCCc1ccc(N=NN2CCCCC2)cc1. The monoisotopic (exact) mass is 245 g/mol. The molecule has 0 saturated carbocycles. The summed E-state index contributed by atoms with van der Waals surface area (Å²) in [5.41, 5.74) is 2.36. The van der Waals surface area contributed by atoms with Gasteiger partial charge in [0.15, 0.2) is 0 Å². The van der Waals surface area contributed by atoms with Crippen LogP contribution in [0.2, 0.25) is 0 Å². The molecule has 0 radical (unpaired) electrons. The Kier molecular flexibility index (Phi) is 5.18. The molecule has 0 aliphatic carbocycles. The molecule has 98 valence electrons. The lowest BCUT2D eigenvalue weighted by Crippen LogP contribution is -2.23. The normalized spacial score (nSPS) is 16.4. The van der Waals surface area contributed by atoms with Gasteiger partial charge in [0.25, 0.3) is 0 Å². The summed E-state index contributed by atoms with van der Waals surface area (Å²) in [6.45, 7) is 4.33. The summed E-state index contributed by atoms with van der Waals surface area (Å²) < 4.78 is 0. The van der Waals surface area contributed by atoms with E-state index in [4.69, 9.17) is 0 Å². The van der Waals surface area contributed by atoms with E-state index in [1.165, 1.54) is 44.1 Å². The molecule has 0 bridgehead atoms. The third kappa shape index (κ3) is 4.13. The van der Waals surface area contributed by atoms with Crippen molar-refractivity contribution in [2.45, 2.75) is 45.4 Å². The maximum Gasteiger partial charge on any atom is 0.0874 e. The van der Waals surface area contributed by atoms with Gasteiger partial charge < -0.3 is 0 Å². The summed E-state index contributed by atoms with van der Waals surface area (Å²) in [6, 6.07) is 8.47. The minimum absolute atomic E-state index is 0.959. The van der Waals surface area contributed by atoms with Crippen LogP contribution >= 0.6 is 0 Å². The molecule has 1 saturated heterocycles. The zero-order valence-corrected chi connectivity index (χ0v) is 11.3. The van der Waals surface area contributed by atoms with E-state index >= 15 is 0 Å². The van der Waals surface area contributed by atoms with Crippen molar-refractivity contribution in [3.05, 3.63) is 29.8 Å². The van der Waals surface area contributed by atoms with Gasteiger partial charge in [-0.3, -0.25) is 5.01 Å². The summed E-state index contributed by atoms with van der Waals surface area (Å²) in [5.74, 6) is 0. The van der Waals surface area contributed by atoms with E-state index in [9.17, 15) is 0 Å². The van der Waals surface area contributed by atoms with Crippen molar-refractivity contribution in [1.29, 1.82) is 0 Å². The highest BCUT2D eigenvalue weighted by atomic mass is 15.5. The Balaban J connectivity index is 1.86. The average Bonchev–Trinajstić information content (AvgIpc) is 2.45. The molecule has 2 rings (SSSR count). The second kappa shape index (κ2) is 7.14. The third-order valence-corrected chi connectivity index (χ3v) is 3.37. The Morgan fingerprint density at radius 2 is 1.78 bits per heavy atom. The molecule has 0 amide bonds. The summed E-state index contributed by atoms with van der Waals surface area (Å²) in [5, 5.41) is 10.7. The van der Waals surface area contributed by atoms with Crippen LogP contribution in [0.5, 0.6) is 0 Å². The van der Waals surface area contributed by atoms with Crippen LogP contribution in [0.25, 0.3) is 0 Å². The fourth-order valence-electron chi connectivity index (χ4n) is 2.19. The van der Waals surface area contributed by atoms with Gasteiger partial charge in [0.05, 0.1) is 5.69 Å². The first-order valence-corrected chi connectivity index (χ1v) is 7.14. The van der Waals surface area contributed by atoms with Crippen molar-refractivity contribution in [1.82, 2.24) is 5.01 Å². The zero-order valence-electron chi connectivity index (χ0n) is 11.3. The van der Waals surface area contributed by atoms with E-state index in [-0.39, 0.29) is 0 Å². The fourth-order valence-corrected chi connectivity index (χ4v) is 2.19. The van der Waals surface area contributed by atoms with Gasteiger partial charge in [-0.15, -0.1) is 5.11 Å². The van der Waals surface area contributed by atoms with E-state index in [2.05, 4.69) is 46.5 Å². The Morgan fingerprint density at radius 1 is 1.06 bits per heavy atom. The van der Waals surface area contributed by atoms with E-state index in [1.807, 2.05) is 0 Å². The van der Waals surface area contributed by atoms with Crippen molar-refractivity contribution in [2.75, 3.05) is 13.1 Å². The van der Waals surface area contributed by atoms with E-state index in [0.717, 1.165) is 18.8 Å². The minimum atomic E-state index is 0.959. The highest BCUT2D eigenvalue weighted by molar-refractivity contribution is 5.38. The second-order valence-electron chi connectivity index (χ2n) is 4.97. The first kappa shape index (κ1) is 13.1. The van der Waals surface area contributed by atoms with Crippen molar-refractivity contribution in [3.8, 4) is 0 Å². The van der Waals surface area contributed by atoms with Gasteiger partial charge >= 0.3 is 0 Å². The topological polar surface area (TPSA) is 28.0 Å². The molecule has 0 N–H and O–H groups in total. The molecular weight excluding hydrogens is 222 g/mol. The van der Waals surface area contributed by atoms with Crippen molar-refractivity contribution < 1.29 is 0 Å². The largest absolute Gasteiger partial charge is 0.278 e. The molecule has 18 heavy (non-hydrogen) atoms. The summed E-state index contributed by atoms with van der Waals surface area (Å²) >= 11 is 0. The van der Waals surface area contributed by atoms with Crippen LogP contribution in [0.4, 0.5) is 5.69 Å². The highest BCUT2D eigenvalue weighted by Gasteiger charge is 2.06. The van der Waals surface area contributed by atoms with E-state index < -0.39 is 0 Å². The molecule has 1 aliphatic rings. The van der Waals surface area contributed by atoms with Gasteiger partial charge in [0.2, 0.25) is 0 Å². The van der Waals surface area contributed by atoms with Crippen LogP contribution in [0.3, 0.4) is 0 Å². The Labute approximate surface area is 110 Å². The lowest BCUT2D eigenvalue weighted by Gasteiger charge is -2.21. The minimum Gasteiger partial charge on any atom is -0.278 e. The van der Waals surface area contributed by atoms with Gasteiger partial charge in [-0.2, -0.15) is 0 Å². The molecule has 3 heteroatoms. The Bertz CT molecular complexity index is 364. The van der Waals surface area contributed by atoms with Gasteiger partial charge in [0, 0.05) is 13.1 Å². The molecule has 0 unspecified atom stereocenters. The predicted octanol–water partition coefficient (Wildman–Crippen LogP) is 4.51. The van der Waals surface area contributed by atoms with Crippen molar-refractivity contribution in [2.24, 2.45) is 10.3 Å². The Hall–Kier alpha value is -1.38. The second-order valence-corrected chi connectivity index (χ2v) is 4.97. The lowest BCUT2D eigenvalue weighted by atomic mass is 10.1. The van der Waals surface area contributed by atoms with Gasteiger partial charge in [0.1, 0.15) is 0 Å². The first-order chi connectivity index (χ1) is 8.88. The molecule has 1 aliphatic heterocycles. The number of nitrogens with zero attached hydrogens (tertiary/aromatic N) is 3.